The molecule has 0 atom stereocenters. The number of aromatic amines is 1. The molecule has 0 aliphatic rings. The molecule has 0 spiro atoms. The number of aromatic nitrogens is 6. The normalized spacial score (nSPS) is 9.07. The van der Waals surface area contributed by atoms with E-state index in [1.54, 1.807) is 43.5 Å². The number of imidazole rings is 1. The molecule has 0 aliphatic carbocycles. The van der Waals surface area contributed by atoms with Crippen molar-refractivity contribution in [2.45, 2.75) is 0 Å². The van der Waals surface area contributed by atoms with Gasteiger partial charge in [0, 0.05) is 56.7 Å². The number of nitrogens with one attached hydrogen (secondary N) is 1. The maximum absolute atomic E-state index is 4.19. The van der Waals surface area contributed by atoms with E-state index in [1.165, 1.54) is 0 Å². The van der Waals surface area contributed by atoms with Crippen LogP contribution in [-0.4, -0.2) is 29.9 Å². The summed E-state index contributed by atoms with van der Waals surface area (Å²) in [6, 6.07) is 23.2. The van der Waals surface area contributed by atoms with Gasteiger partial charge < -0.3 is 4.98 Å². The Kier molecular flexibility index (Phi) is 10.3. The van der Waals surface area contributed by atoms with Crippen molar-refractivity contribution in [2.24, 2.45) is 0 Å². The van der Waals surface area contributed by atoms with Gasteiger partial charge in [-0.25, -0.2) is 4.98 Å². The van der Waals surface area contributed by atoms with Crippen molar-refractivity contribution >= 4 is 0 Å². The zero-order valence-corrected chi connectivity index (χ0v) is 17.8. The number of nitrogens with zero attached hydrogens (tertiary/aromatic N) is 5. The van der Waals surface area contributed by atoms with E-state index < -0.39 is 0 Å². The Morgan fingerprint density at radius 1 is 0.467 bits per heavy atom. The summed E-state index contributed by atoms with van der Waals surface area (Å²) in [5.74, 6) is 0. The van der Waals surface area contributed by atoms with Gasteiger partial charge in [-0.2, -0.15) is 0 Å². The van der Waals surface area contributed by atoms with E-state index in [4.69, 9.17) is 0 Å². The molecule has 30 heavy (non-hydrogen) atoms. The molecule has 6 nitrogen and oxygen atoms in total. The van der Waals surface area contributed by atoms with Crippen molar-refractivity contribution < 1.29 is 19.5 Å². The van der Waals surface area contributed by atoms with Crippen LogP contribution in [-0.2, 0) is 19.5 Å². The third-order valence-electron chi connectivity index (χ3n) is 3.59. The summed E-state index contributed by atoms with van der Waals surface area (Å²) in [5.41, 5.74) is 3.66. The first kappa shape index (κ1) is 22.7. The van der Waals surface area contributed by atoms with Crippen molar-refractivity contribution in [3.8, 4) is 22.8 Å². The molecule has 7 heteroatoms. The zero-order chi connectivity index (χ0) is 20.0. The molecule has 150 valence electrons. The average molecular weight is 482 g/mol. The molecular formula is C23H20N6Ru. The van der Waals surface area contributed by atoms with Gasteiger partial charge in [-0.3, -0.25) is 19.9 Å². The maximum Gasteiger partial charge on any atom is 0.0919 e. The molecule has 0 saturated heterocycles. The molecule has 0 fully saturated rings. The van der Waals surface area contributed by atoms with Gasteiger partial charge in [0.1, 0.15) is 0 Å². The number of rotatable bonds is 2. The molecule has 0 amide bonds. The van der Waals surface area contributed by atoms with E-state index >= 15 is 0 Å². The predicted octanol–water partition coefficient (Wildman–Crippen LogP) is 4.69. The molecule has 5 heterocycles. The van der Waals surface area contributed by atoms with Crippen LogP contribution < -0.4 is 0 Å². The van der Waals surface area contributed by atoms with Gasteiger partial charge >= 0.3 is 0 Å². The smallest absolute Gasteiger partial charge is 0.0919 e. The Morgan fingerprint density at radius 2 is 0.833 bits per heavy atom. The zero-order valence-electron chi connectivity index (χ0n) is 16.1. The first-order valence-corrected chi connectivity index (χ1v) is 9.01. The third-order valence-corrected chi connectivity index (χ3v) is 3.59. The maximum atomic E-state index is 4.19. The molecular weight excluding hydrogens is 461 g/mol. The van der Waals surface area contributed by atoms with Gasteiger partial charge in [0.05, 0.1) is 29.1 Å². The van der Waals surface area contributed by atoms with Crippen molar-refractivity contribution in [1.82, 2.24) is 29.9 Å². The number of H-pyrrole nitrogens is 1. The van der Waals surface area contributed by atoms with Crippen LogP contribution >= 0.6 is 0 Å². The molecule has 5 aromatic heterocycles. The Bertz CT molecular complexity index is 861. The summed E-state index contributed by atoms with van der Waals surface area (Å²) < 4.78 is 0. The van der Waals surface area contributed by atoms with Gasteiger partial charge in [-0.05, 0) is 48.5 Å². The Balaban J connectivity index is 0.000000170. The minimum Gasteiger partial charge on any atom is -0.351 e. The fraction of sp³-hybridized carbons (Fsp3) is 0. The summed E-state index contributed by atoms with van der Waals surface area (Å²) in [6.45, 7) is 0. The van der Waals surface area contributed by atoms with E-state index in [0.717, 1.165) is 22.8 Å². The molecule has 0 saturated carbocycles. The summed E-state index contributed by atoms with van der Waals surface area (Å²) >= 11 is 0. The summed E-state index contributed by atoms with van der Waals surface area (Å²) in [6.07, 6.45) is 12.2. The standard InChI is InChI=1S/2C10H8N2.C3H4N2.Ru/c2*1-3-7-11-9(5-1)10-6-2-4-8-12-10;1-2-5-3-4-1;/h2*1-8H;1-3H,(H,4,5);. The second-order valence-electron chi connectivity index (χ2n) is 5.62. The Labute approximate surface area is 188 Å². The minimum atomic E-state index is 0. The third kappa shape index (κ3) is 7.82. The van der Waals surface area contributed by atoms with Gasteiger partial charge in [0.2, 0.25) is 0 Å². The molecule has 0 aromatic carbocycles. The molecule has 0 radical (unpaired) electrons. The Hall–Kier alpha value is -3.57. The van der Waals surface area contributed by atoms with Crippen LogP contribution in [0.15, 0.2) is 116 Å². The largest absolute Gasteiger partial charge is 0.351 e. The SMILES string of the molecule is [Ru].c1c[nH]cn1.c1ccc(-c2ccccn2)nc1.c1ccc(-c2ccccn2)nc1. The van der Waals surface area contributed by atoms with Crippen molar-refractivity contribution in [3.63, 3.8) is 0 Å². The van der Waals surface area contributed by atoms with Crippen LogP contribution in [0.2, 0.25) is 0 Å². The molecule has 0 unspecified atom stereocenters. The van der Waals surface area contributed by atoms with E-state index in [2.05, 4.69) is 29.9 Å². The topological polar surface area (TPSA) is 80.2 Å². The first-order valence-electron chi connectivity index (χ1n) is 9.01. The summed E-state index contributed by atoms with van der Waals surface area (Å²) in [4.78, 5) is 23.2. The monoisotopic (exact) mass is 482 g/mol. The van der Waals surface area contributed by atoms with E-state index in [1.807, 2.05) is 72.8 Å². The Morgan fingerprint density at radius 3 is 1.00 bits per heavy atom. The fourth-order valence-corrected chi connectivity index (χ4v) is 2.27. The summed E-state index contributed by atoms with van der Waals surface area (Å²) in [7, 11) is 0. The van der Waals surface area contributed by atoms with Crippen LogP contribution in [0.1, 0.15) is 0 Å². The van der Waals surface area contributed by atoms with Crippen molar-refractivity contribution in [2.75, 3.05) is 0 Å². The van der Waals surface area contributed by atoms with Crippen LogP contribution in [0.25, 0.3) is 22.8 Å². The van der Waals surface area contributed by atoms with E-state index in [-0.39, 0.29) is 19.5 Å². The van der Waals surface area contributed by atoms with Crippen LogP contribution in [0.3, 0.4) is 0 Å². The van der Waals surface area contributed by atoms with Crippen LogP contribution in [0.5, 0.6) is 0 Å². The number of hydrogen-bond acceptors (Lipinski definition) is 5. The second-order valence-corrected chi connectivity index (χ2v) is 5.62. The molecule has 1 N–H and O–H groups in total. The molecule has 0 bridgehead atoms. The van der Waals surface area contributed by atoms with E-state index in [0.29, 0.717) is 0 Å². The average Bonchev–Trinajstić information content (AvgIpc) is 3.42. The molecule has 5 rings (SSSR count). The van der Waals surface area contributed by atoms with Gasteiger partial charge in [0.25, 0.3) is 0 Å². The number of pyridine rings is 4. The fourth-order valence-electron chi connectivity index (χ4n) is 2.27. The summed E-state index contributed by atoms with van der Waals surface area (Å²) in [5, 5.41) is 0. The minimum absolute atomic E-state index is 0. The van der Waals surface area contributed by atoms with Gasteiger partial charge in [-0.1, -0.05) is 24.3 Å². The molecule has 0 aliphatic heterocycles. The van der Waals surface area contributed by atoms with Crippen LogP contribution in [0, 0.1) is 0 Å². The number of hydrogen-bond donors (Lipinski definition) is 1. The first-order chi connectivity index (χ1) is 14.4. The molecule has 5 aromatic rings. The quantitative estimate of drug-likeness (QED) is 0.370. The second kappa shape index (κ2) is 13.6. The van der Waals surface area contributed by atoms with Gasteiger partial charge in [0.15, 0.2) is 0 Å². The van der Waals surface area contributed by atoms with E-state index in [9.17, 15) is 0 Å². The van der Waals surface area contributed by atoms with Gasteiger partial charge in [-0.15, -0.1) is 0 Å². The predicted molar refractivity (Wildman–Crippen MR) is 114 cm³/mol. The van der Waals surface area contributed by atoms with Crippen molar-refractivity contribution in [3.05, 3.63) is 116 Å². The van der Waals surface area contributed by atoms with Crippen molar-refractivity contribution in [1.29, 1.82) is 0 Å². The van der Waals surface area contributed by atoms with Crippen LogP contribution in [0.4, 0.5) is 0 Å².